The van der Waals surface area contributed by atoms with Gasteiger partial charge in [0.1, 0.15) is 5.38 Å². The first-order valence-corrected chi connectivity index (χ1v) is 6.24. The van der Waals surface area contributed by atoms with Gasteiger partial charge < -0.3 is 19.5 Å². The first-order chi connectivity index (χ1) is 9.10. The average molecular weight is 288 g/mol. The number of methoxy groups -OCH3 is 3. The van der Waals surface area contributed by atoms with E-state index in [-0.39, 0.29) is 5.91 Å². The van der Waals surface area contributed by atoms with Crippen LogP contribution in [0.2, 0.25) is 0 Å². The molecular weight excluding hydrogens is 270 g/mol. The van der Waals surface area contributed by atoms with Crippen molar-refractivity contribution in [1.82, 2.24) is 5.32 Å². The van der Waals surface area contributed by atoms with E-state index < -0.39 is 5.38 Å². The van der Waals surface area contributed by atoms with Gasteiger partial charge in [-0.1, -0.05) is 0 Å². The van der Waals surface area contributed by atoms with Gasteiger partial charge in [-0.2, -0.15) is 0 Å². The quantitative estimate of drug-likeness (QED) is 0.815. The summed E-state index contributed by atoms with van der Waals surface area (Å²) in [5.41, 5.74) is 0.535. The third-order valence-corrected chi connectivity index (χ3v) is 3.02. The molecule has 1 aromatic rings. The Kier molecular flexibility index (Phi) is 5.76. The molecule has 0 saturated heterocycles. The van der Waals surface area contributed by atoms with Crippen LogP contribution in [0.15, 0.2) is 12.1 Å². The van der Waals surface area contributed by atoms with Crippen LogP contribution in [-0.2, 0) is 4.79 Å². The highest BCUT2D eigenvalue weighted by molar-refractivity contribution is 6.31. The highest BCUT2D eigenvalue weighted by atomic mass is 35.5. The van der Waals surface area contributed by atoms with Gasteiger partial charge in [-0.15, -0.1) is 11.6 Å². The summed E-state index contributed by atoms with van der Waals surface area (Å²) in [7, 11) is 4.51. The molecule has 1 N–H and O–H groups in total. The van der Waals surface area contributed by atoms with E-state index in [1.54, 1.807) is 12.1 Å². The predicted molar refractivity (Wildman–Crippen MR) is 73.4 cm³/mol. The Balaban J connectivity index is 3.24. The number of nitrogens with one attached hydrogen (secondary N) is 1. The number of hydrogen-bond acceptors (Lipinski definition) is 4. The van der Waals surface area contributed by atoms with Crippen LogP contribution in [0.3, 0.4) is 0 Å². The van der Waals surface area contributed by atoms with Crippen molar-refractivity contribution in [2.45, 2.75) is 12.3 Å². The Morgan fingerprint density at radius 3 is 2.32 bits per heavy atom. The lowest BCUT2D eigenvalue weighted by Crippen LogP contribution is -2.26. The molecule has 0 aliphatic heterocycles. The number of halogens is 1. The maximum Gasteiger partial charge on any atom is 0.242 e. The topological polar surface area (TPSA) is 56.8 Å². The molecule has 6 heteroatoms. The van der Waals surface area contributed by atoms with E-state index in [4.69, 9.17) is 25.8 Å². The maximum absolute atomic E-state index is 11.8. The van der Waals surface area contributed by atoms with Gasteiger partial charge in [0.05, 0.1) is 21.3 Å². The van der Waals surface area contributed by atoms with E-state index in [1.807, 2.05) is 6.92 Å². The molecule has 1 amide bonds. The van der Waals surface area contributed by atoms with Gasteiger partial charge in [0, 0.05) is 12.1 Å². The van der Waals surface area contributed by atoms with Crippen LogP contribution in [0.5, 0.6) is 17.2 Å². The predicted octanol–water partition coefficient (Wildman–Crippen LogP) is 2.13. The van der Waals surface area contributed by atoms with E-state index in [0.717, 1.165) is 0 Å². The third kappa shape index (κ3) is 3.23. The van der Waals surface area contributed by atoms with Crippen molar-refractivity contribution in [3.63, 3.8) is 0 Å². The van der Waals surface area contributed by atoms with Crippen molar-refractivity contribution in [3.05, 3.63) is 17.7 Å². The molecule has 106 valence electrons. The van der Waals surface area contributed by atoms with E-state index in [1.165, 1.54) is 21.3 Å². The summed E-state index contributed by atoms with van der Waals surface area (Å²) >= 11 is 6.16. The standard InChI is InChI=1S/C13H18ClNO4/c1-5-15-13(16)10(14)8-6-7-9(17-2)12(19-4)11(8)18-3/h6-7,10H,5H2,1-4H3,(H,15,16). The Morgan fingerprint density at radius 2 is 1.84 bits per heavy atom. The van der Waals surface area contributed by atoms with E-state index in [0.29, 0.717) is 29.4 Å². The molecule has 1 unspecified atom stereocenters. The molecule has 0 spiro atoms. The summed E-state index contributed by atoms with van der Waals surface area (Å²) in [6.45, 7) is 2.34. The Hall–Kier alpha value is -1.62. The van der Waals surface area contributed by atoms with Crippen LogP contribution in [0.4, 0.5) is 0 Å². The van der Waals surface area contributed by atoms with Gasteiger partial charge in [-0.3, -0.25) is 4.79 Å². The van der Waals surface area contributed by atoms with Crippen LogP contribution in [0.1, 0.15) is 17.9 Å². The summed E-state index contributed by atoms with van der Waals surface area (Å²) in [5.74, 6) is 1.04. The maximum atomic E-state index is 11.8. The molecule has 0 fully saturated rings. The second-order valence-electron chi connectivity index (χ2n) is 3.68. The largest absolute Gasteiger partial charge is 0.493 e. The highest BCUT2D eigenvalue weighted by Gasteiger charge is 2.25. The van der Waals surface area contributed by atoms with Crippen molar-refractivity contribution in [2.24, 2.45) is 0 Å². The summed E-state index contributed by atoms with van der Waals surface area (Å²) in [6, 6.07) is 3.37. The van der Waals surface area contributed by atoms with Crippen molar-refractivity contribution in [1.29, 1.82) is 0 Å². The minimum absolute atomic E-state index is 0.283. The van der Waals surface area contributed by atoms with Gasteiger partial charge in [0.2, 0.25) is 11.7 Å². The van der Waals surface area contributed by atoms with Gasteiger partial charge in [0.15, 0.2) is 11.5 Å². The number of benzene rings is 1. The Bertz CT molecular complexity index is 451. The van der Waals surface area contributed by atoms with Crippen LogP contribution < -0.4 is 19.5 Å². The summed E-state index contributed by atoms with van der Waals surface area (Å²) in [5, 5.41) is 1.81. The molecule has 0 aliphatic carbocycles. The number of likely N-dealkylation sites (N-methyl/N-ethyl adjacent to an activating group) is 1. The summed E-state index contributed by atoms with van der Waals surface area (Å²) < 4.78 is 15.7. The van der Waals surface area contributed by atoms with Crippen LogP contribution in [-0.4, -0.2) is 33.8 Å². The molecule has 1 rings (SSSR count). The van der Waals surface area contributed by atoms with Crippen molar-refractivity contribution >= 4 is 17.5 Å². The lowest BCUT2D eigenvalue weighted by molar-refractivity contribution is -0.120. The van der Waals surface area contributed by atoms with Crippen molar-refractivity contribution in [3.8, 4) is 17.2 Å². The molecule has 1 atom stereocenters. The number of carbonyl (C=O) groups excluding carboxylic acids is 1. The third-order valence-electron chi connectivity index (χ3n) is 2.59. The lowest BCUT2D eigenvalue weighted by Gasteiger charge is -2.18. The number of rotatable bonds is 6. The number of alkyl halides is 1. The average Bonchev–Trinajstić information content (AvgIpc) is 2.44. The first-order valence-electron chi connectivity index (χ1n) is 5.81. The molecule has 0 aliphatic rings. The highest BCUT2D eigenvalue weighted by Crippen LogP contribution is 2.43. The van der Waals surface area contributed by atoms with E-state index in [9.17, 15) is 4.79 Å². The molecule has 1 aromatic carbocycles. The first kappa shape index (κ1) is 15.4. The van der Waals surface area contributed by atoms with E-state index >= 15 is 0 Å². The number of carbonyl (C=O) groups is 1. The second-order valence-corrected chi connectivity index (χ2v) is 4.12. The zero-order valence-electron chi connectivity index (χ0n) is 11.5. The Labute approximate surface area is 117 Å². The molecule has 0 bridgehead atoms. The lowest BCUT2D eigenvalue weighted by atomic mass is 10.1. The molecule has 0 saturated carbocycles. The van der Waals surface area contributed by atoms with Crippen molar-refractivity contribution in [2.75, 3.05) is 27.9 Å². The van der Waals surface area contributed by atoms with Gasteiger partial charge >= 0.3 is 0 Å². The Morgan fingerprint density at radius 1 is 1.21 bits per heavy atom. The number of amides is 1. The van der Waals surface area contributed by atoms with Crippen LogP contribution in [0, 0.1) is 0 Å². The number of hydrogen-bond donors (Lipinski definition) is 1. The van der Waals surface area contributed by atoms with E-state index in [2.05, 4.69) is 5.32 Å². The fourth-order valence-corrected chi connectivity index (χ4v) is 1.98. The van der Waals surface area contributed by atoms with Gasteiger partial charge in [-0.05, 0) is 19.1 Å². The van der Waals surface area contributed by atoms with Crippen LogP contribution >= 0.6 is 11.6 Å². The SMILES string of the molecule is CCNC(=O)C(Cl)c1ccc(OC)c(OC)c1OC. The zero-order valence-corrected chi connectivity index (χ0v) is 12.2. The molecular formula is C13H18ClNO4. The second kappa shape index (κ2) is 7.09. The smallest absolute Gasteiger partial charge is 0.242 e. The zero-order chi connectivity index (χ0) is 14.4. The monoisotopic (exact) mass is 287 g/mol. The van der Waals surface area contributed by atoms with Gasteiger partial charge in [0.25, 0.3) is 0 Å². The summed E-state index contributed by atoms with van der Waals surface area (Å²) in [6.07, 6.45) is 0. The molecule has 5 nitrogen and oxygen atoms in total. The minimum Gasteiger partial charge on any atom is -0.493 e. The molecule has 0 heterocycles. The molecule has 0 radical (unpaired) electrons. The van der Waals surface area contributed by atoms with Crippen LogP contribution in [0.25, 0.3) is 0 Å². The normalized spacial score (nSPS) is 11.6. The van der Waals surface area contributed by atoms with Crippen molar-refractivity contribution < 1.29 is 19.0 Å². The minimum atomic E-state index is -0.852. The number of ether oxygens (including phenoxy) is 3. The van der Waals surface area contributed by atoms with Gasteiger partial charge in [-0.25, -0.2) is 0 Å². The fraction of sp³-hybridized carbons (Fsp3) is 0.462. The summed E-state index contributed by atoms with van der Waals surface area (Å²) in [4.78, 5) is 11.8. The fourth-order valence-electron chi connectivity index (χ4n) is 1.73. The molecule has 19 heavy (non-hydrogen) atoms. The molecule has 0 aromatic heterocycles.